The number of methoxy groups -OCH3 is 1. The number of nitrogens with one attached hydrogen (secondary N) is 1. The predicted molar refractivity (Wildman–Crippen MR) is 83.9 cm³/mol. The second-order valence-electron chi connectivity index (χ2n) is 5.42. The van der Waals surface area contributed by atoms with Gasteiger partial charge < -0.3 is 14.8 Å². The Morgan fingerprint density at radius 1 is 1.24 bits per heavy atom. The summed E-state index contributed by atoms with van der Waals surface area (Å²) in [5.74, 6) is 1.94. The Hall–Kier alpha value is -2.00. The quantitative estimate of drug-likeness (QED) is 0.911. The number of benzene rings is 2. The van der Waals surface area contributed by atoms with E-state index in [-0.39, 0.29) is 0 Å². The zero-order chi connectivity index (χ0) is 14.7. The first-order valence-corrected chi connectivity index (χ1v) is 7.38. The molecule has 0 saturated heterocycles. The Kier molecular flexibility index (Phi) is 4.11. The summed E-state index contributed by atoms with van der Waals surface area (Å²) in [6.07, 6.45) is 1.02. The van der Waals surface area contributed by atoms with Crippen LogP contribution in [-0.2, 0) is 13.0 Å². The summed E-state index contributed by atoms with van der Waals surface area (Å²) in [5, 5.41) is 3.56. The van der Waals surface area contributed by atoms with Crippen LogP contribution in [0.15, 0.2) is 42.5 Å². The lowest BCUT2D eigenvalue weighted by atomic mass is 10.0. The average molecular weight is 283 g/mol. The minimum Gasteiger partial charge on any atom is -0.497 e. The van der Waals surface area contributed by atoms with Gasteiger partial charge in [0.2, 0.25) is 0 Å². The minimum absolute atomic E-state index is 0.308. The molecule has 0 aliphatic carbocycles. The smallest absolute Gasteiger partial charge is 0.122 e. The Balaban J connectivity index is 1.64. The van der Waals surface area contributed by atoms with Gasteiger partial charge in [0.15, 0.2) is 0 Å². The summed E-state index contributed by atoms with van der Waals surface area (Å²) in [4.78, 5) is 0. The second kappa shape index (κ2) is 6.19. The molecule has 0 spiro atoms. The van der Waals surface area contributed by atoms with Gasteiger partial charge in [-0.15, -0.1) is 0 Å². The van der Waals surface area contributed by atoms with Crippen LogP contribution in [0.3, 0.4) is 0 Å². The summed E-state index contributed by atoms with van der Waals surface area (Å²) >= 11 is 0. The van der Waals surface area contributed by atoms with Crippen LogP contribution in [0.4, 0.5) is 0 Å². The molecule has 110 valence electrons. The molecule has 1 heterocycles. The van der Waals surface area contributed by atoms with E-state index in [1.807, 2.05) is 12.1 Å². The standard InChI is InChI=1S/C18H21NO2/c1-13(15-6-7-18-16(11-15)8-9-21-18)19-12-14-4-3-5-17(10-14)20-2/h3-7,10-11,13,19H,8-9,12H2,1-2H3. The maximum Gasteiger partial charge on any atom is 0.122 e. The first-order valence-electron chi connectivity index (χ1n) is 7.38. The topological polar surface area (TPSA) is 30.5 Å². The molecule has 0 amide bonds. The van der Waals surface area contributed by atoms with Gasteiger partial charge in [-0.25, -0.2) is 0 Å². The van der Waals surface area contributed by atoms with Crippen molar-refractivity contribution in [2.24, 2.45) is 0 Å². The maximum atomic E-state index is 5.55. The van der Waals surface area contributed by atoms with Gasteiger partial charge >= 0.3 is 0 Å². The molecule has 1 N–H and O–H groups in total. The Morgan fingerprint density at radius 3 is 3.00 bits per heavy atom. The van der Waals surface area contributed by atoms with Gasteiger partial charge in [0.25, 0.3) is 0 Å². The molecule has 0 radical (unpaired) electrons. The van der Waals surface area contributed by atoms with E-state index in [0.717, 1.165) is 31.1 Å². The molecule has 1 atom stereocenters. The molecule has 3 rings (SSSR count). The third-order valence-electron chi connectivity index (χ3n) is 3.96. The SMILES string of the molecule is COc1cccc(CNC(C)c2ccc3c(c2)CCO3)c1. The van der Waals surface area contributed by atoms with Crippen LogP contribution in [0.2, 0.25) is 0 Å². The predicted octanol–water partition coefficient (Wildman–Crippen LogP) is 3.48. The molecular formula is C18H21NO2. The molecule has 2 aromatic rings. The van der Waals surface area contributed by atoms with Crippen LogP contribution in [0.25, 0.3) is 0 Å². The van der Waals surface area contributed by atoms with Gasteiger partial charge in [0.05, 0.1) is 13.7 Å². The van der Waals surface area contributed by atoms with Gasteiger partial charge in [-0.1, -0.05) is 24.3 Å². The molecule has 0 bridgehead atoms. The lowest BCUT2D eigenvalue weighted by Gasteiger charge is -2.15. The monoisotopic (exact) mass is 283 g/mol. The second-order valence-corrected chi connectivity index (χ2v) is 5.42. The van der Waals surface area contributed by atoms with Gasteiger partial charge in [-0.3, -0.25) is 0 Å². The molecule has 1 aliphatic heterocycles. The van der Waals surface area contributed by atoms with Crippen LogP contribution >= 0.6 is 0 Å². The molecule has 1 aliphatic rings. The third-order valence-corrected chi connectivity index (χ3v) is 3.96. The minimum atomic E-state index is 0.308. The first kappa shape index (κ1) is 14.0. The molecule has 0 aromatic heterocycles. The van der Waals surface area contributed by atoms with Crippen LogP contribution in [0.5, 0.6) is 11.5 Å². The zero-order valence-electron chi connectivity index (χ0n) is 12.6. The van der Waals surface area contributed by atoms with E-state index in [1.54, 1.807) is 7.11 Å². The van der Waals surface area contributed by atoms with E-state index >= 15 is 0 Å². The van der Waals surface area contributed by atoms with Gasteiger partial charge in [-0.05, 0) is 41.8 Å². The number of hydrogen-bond donors (Lipinski definition) is 1. The largest absolute Gasteiger partial charge is 0.497 e. The molecule has 0 fully saturated rings. The third kappa shape index (κ3) is 3.19. The lowest BCUT2D eigenvalue weighted by molar-refractivity contribution is 0.356. The van der Waals surface area contributed by atoms with Gasteiger partial charge in [0.1, 0.15) is 11.5 Å². The van der Waals surface area contributed by atoms with Crippen LogP contribution in [-0.4, -0.2) is 13.7 Å². The Bertz CT molecular complexity index is 624. The van der Waals surface area contributed by atoms with E-state index in [4.69, 9.17) is 9.47 Å². The highest BCUT2D eigenvalue weighted by Crippen LogP contribution is 2.28. The van der Waals surface area contributed by atoms with Crippen molar-refractivity contribution >= 4 is 0 Å². The van der Waals surface area contributed by atoms with E-state index in [9.17, 15) is 0 Å². The maximum absolute atomic E-state index is 5.55. The number of hydrogen-bond acceptors (Lipinski definition) is 3. The van der Waals surface area contributed by atoms with Crippen molar-refractivity contribution in [3.63, 3.8) is 0 Å². The highest BCUT2D eigenvalue weighted by atomic mass is 16.5. The highest BCUT2D eigenvalue weighted by molar-refractivity contribution is 5.40. The van der Waals surface area contributed by atoms with Crippen molar-refractivity contribution in [3.05, 3.63) is 59.2 Å². The van der Waals surface area contributed by atoms with Crippen molar-refractivity contribution in [1.29, 1.82) is 0 Å². The van der Waals surface area contributed by atoms with E-state index < -0.39 is 0 Å². The molecule has 2 aromatic carbocycles. The van der Waals surface area contributed by atoms with Crippen molar-refractivity contribution < 1.29 is 9.47 Å². The van der Waals surface area contributed by atoms with Crippen LogP contribution in [0, 0.1) is 0 Å². The number of rotatable bonds is 5. The van der Waals surface area contributed by atoms with Gasteiger partial charge in [-0.2, -0.15) is 0 Å². The Labute approximate surface area is 125 Å². The molecular weight excluding hydrogens is 262 g/mol. The molecule has 0 saturated carbocycles. The summed E-state index contributed by atoms with van der Waals surface area (Å²) in [6.45, 7) is 3.83. The van der Waals surface area contributed by atoms with Crippen molar-refractivity contribution in [1.82, 2.24) is 5.32 Å². The van der Waals surface area contributed by atoms with E-state index in [2.05, 4.69) is 42.6 Å². The molecule has 3 heteroatoms. The summed E-state index contributed by atoms with van der Waals surface area (Å²) in [6, 6.07) is 15.0. The van der Waals surface area contributed by atoms with E-state index in [0.29, 0.717) is 6.04 Å². The van der Waals surface area contributed by atoms with Crippen LogP contribution < -0.4 is 14.8 Å². The molecule has 1 unspecified atom stereocenters. The van der Waals surface area contributed by atoms with E-state index in [1.165, 1.54) is 16.7 Å². The average Bonchev–Trinajstić information content (AvgIpc) is 3.00. The van der Waals surface area contributed by atoms with Gasteiger partial charge in [0, 0.05) is 19.0 Å². The Morgan fingerprint density at radius 2 is 2.14 bits per heavy atom. The molecule has 3 nitrogen and oxygen atoms in total. The summed E-state index contributed by atoms with van der Waals surface area (Å²) < 4.78 is 10.8. The highest BCUT2D eigenvalue weighted by Gasteiger charge is 2.14. The number of fused-ring (bicyclic) bond motifs is 1. The van der Waals surface area contributed by atoms with Crippen molar-refractivity contribution in [3.8, 4) is 11.5 Å². The first-order chi connectivity index (χ1) is 10.3. The fraction of sp³-hybridized carbons (Fsp3) is 0.333. The van der Waals surface area contributed by atoms with Crippen LogP contribution in [0.1, 0.15) is 29.7 Å². The fourth-order valence-corrected chi connectivity index (χ4v) is 2.65. The van der Waals surface area contributed by atoms with Crippen molar-refractivity contribution in [2.75, 3.05) is 13.7 Å². The molecule has 21 heavy (non-hydrogen) atoms. The lowest BCUT2D eigenvalue weighted by Crippen LogP contribution is -2.18. The summed E-state index contributed by atoms with van der Waals surface area (Å²) in [5.41, 5.74) is 3.86. The fourth-order valence-electron chi connectivity index (χ4n) is 2.65. The zero-order valence-corrected chi connectivity index (χ0v) is 12.6. The number of ether oxygens (including phenoxy) is 2. The summed E-state index contributed by atoms with van der Waals surface area (Å²) in [7, 11) is 1.70. The normalized spacial score (nSPS) is 14.4. The van der Waals surface area contributed by atoms with Crippen molar-refractivity contribution in [2.45, 2.75) is 25.9 Å².